The van der Waals surface area contributed by atoms with Crippen molar-refractivity contribution in [3.63, 3.8) is 0 Å². The zero-order chi connectivity index (χ0) is 25.8. The van der Waals surface area contributed by atoms with Gasteiger partial charge in [0.25, 0.3) is 17.5 Å². The number of carboxylic acids is 1. The lowest BCUT2D eigenvalue weighted by Crippen LogP contribution is -2.54. The van der Waals surface area contributed by atoms with Crippen LogP contribution in [0.5, 0.6) is 5.75 Å². The van der Waals surface area contributed by atoms with Gasteiger partial charge in [0.2, 0.25) is 0 Å². The molecule has 36 heavy (non-hydrogen) atoms. The lowest BCUT2D eigenvalue weighted by Gasteiger charge is -2.26. The molecule has 0 spiro atoms. The monoisotopic (exact) mass is 486 g/mol. The summed E-state index contributed by atoms with van der Waals surface area (Å²) in [5.74, 6) is -3.56. The summed E-state index contributed by atoms with van der Waals surface area (Å²) in [6.45, 7) is 0.0999. The van der Waals surface area contributed by atoms with Gasteiger partial charge >= 0.3 is 6.03 Å². The molecule has 1 heterocycles. The Kier molecular flexibility index (Phi) is 6.55. The van der Waals surface area contributed by atoms with Crippen LogP contribution in [0.2, 0.25) is 0 Å². The van der Waals surface area contributed by atoms with Crippen molar-refractivity contribution in [3.8, 4) is 5.75 Å². The fourth-order valence-corrected chi connectivity index (χ4v) is 3.46. The number of nitro groups is 1. The van der Waals surface area contributed by atoms with Crippen LogP contribution in [0.15, 0.2) is 78.4 Å². The minimum atomic E-state index is -1.54. The van der Waals surface area contributed by atoms with Crippen molar-refractivity contribution in [2.45, 2.75) is 6.61 Å². The molecule has 1 aliphatic heterocycles. The van der Waals surface area contributed by atoms with E-state index in [1.54, 1.807) is 12.1 Å². The summed E-state index contributed by atoms with van der Waals surface area (Å²) in [6.07, 6.45) is 1.10. The third-order valence-electron chi connectivity index (χ3n) is 5.17. The van der Waals surface area contributed by atoms with Gasteiger partial charge in [-0.05, 0) is 35.4 Å². The van der Waals surface area contributed by atoms with E-state index >= 15 is 0 Å². The van der Waals surface area contributed by atoms with Gasteiger partial charge in [0, 0.05) is 17.7 Å². The van der Waals surface area contributed by atoms with Gasteiger partial charge in [-0.15, -0.1) is 0 Å². The maximum Gasteiger partial charge on any atom is 0.335 e. The quantitative estimate of drug-likeness (QED) is 0.230. The van der Waals surface area contributed by atoms with Gasteiger partial charge in [-0.2, -0.15) is 0 Å². The van der Waals surface area contributed by atoms with Crippen LogP contribution in [-0.2, 0) is 16.2 Å². The number of nitrogens with zero attached hydrogens (tertiary/aromatic N) is 2. The maximum absolute atomic E-state index is 13.0. The van der Waals surface area contributed by atoms with Gasteiger partial charge in [0.15, 0.2) is 0 Å². The second-order valence-corrected chi connectivity index (χ2v) is 7.55. The van der Waals surface area contributed by atoms with E-state index in [1.807, 2.05) is 23.5 Å². The average Bonchev–Trinajstić information content (AvgIpc) is 2.86. The Morgan fingerprint density at radius 1 is 1.00 bits per heavy atom. The highest BCUT2D eigenvalue weighted by Gasteiger charge is 2.37. The van der Waals surface area contributed by atoms with Crippen molar-refractivity contribution in [1.29, 1.82) is 0 Å². The van der Waals surface area contributed by atoms with Crippen molar-refractivity contribution in [2.75, 3.05) is 4.90 Å². The Morgan fingerprint density at radius 2 is 1.75 bits per heavy atom. The summed E-state index contributed by atoms with van der Waals surface area (Å²) < 4.78 is 5.60. The number of anilines is 1. The molecule has 1 aliphatic rings. The van der Waals surface area contributed by atoms with E-state index in [9.17, 15) is 34.4 Å². The molecule has 1 fully saturated rings. The van der Waals surface area contributed by atoms with E-state index in [2.05, 4.69) is 0 Å². The number of amides is 4. The Hall–Kier alpha value is -5.32. The van der Waals surface area contributed by atoms with Crippen LogP contribution < -0.4 is 20.1 Å². The number of imide groups is 2. The molecule has 11 nitrogen and oxygen atoms in total. The number of ether oxygens (including phenoxy) is 1. The van der Waals surface area contributed by atoms with Gasteiger partial charge in [-0.3, -0.25) is 25.0 Å². The number of rotatable bonds is 7. The lowest BCUT2D eigenvalue weighted by molar-refractivity contribution is -0.384. The smallest absolute Gasteiger partial charge is 0.335 e. The van der Waals surface area contributed by atoms with Crippen LogP contribution in [0.1, 0.15) is 21.5 Å². The first-order valence-electron chi connectivity index (χ1n) is 10.4. The van der Waals surface area contributed by atoms with Gasteiger partial charge in [0.05, 0.1) is 16.6 Å². The SMILES string of the molecule is O=C1NC(=O)N(c2cccc([N+](=O)[O-])c2)C(=O)/C1=C/c1ccc(OCc2ccccc2)c(C(=O)[O-])c1. The Bertz CT molecular complexity index is 1430. The number of carbonyl (C=O) groups is 4. The Balaban J connectivity index is 1.65. The summed E-state index contributed by atoms with van der Waals surface area (Å²) in [6, 6.07) is 16.7. The molecule has 3 aromatic rings. The summed E-state index contributed by atoms with van der Waals surface area (Å²) >= 11 is 0. The van der Waals surface area contributed by atoms with Crippen molar-refractivity contribution in [3.05, 3.63) is 105 Å². The normalized spacial score (nSPS) is 14.5. The third-order valence-corrected chi connectivity index (χ3v) is 5.17. The number of hydrogen-bond donors (Lipinski definition) is 1. The molecule has 0 bridgehead atoms. The van der Waals surface area contributed by atoms with E-state index in [1.165, 1.54) is 30.3 Å². The molecule has 4 amide bonds. The van der Waals surface area contributed by atoms with Crippen molar-refractivity contribution < 1.29 is 33.9 Å². The van der Waals surface area contributed by atoms with Crippen LogP contribution in [-0.4, -0.2) is 28.7 Å². The van der Waals surface area contributed by atoms with E-state index in [0.29, 0.717) is 4.90 Å². The molecule has 1 N–H and O–H groups in total. The number of non-ortho nitro benzene ring substituents is 1. The fraction of sp³-hybridized carbons (Fsp3) is 0.0400. The van der Waals surface area contributed by atoms with Gasteiger partial charge < -0.3 is 14.6 Å². The topological polar surface area (TPSA) is 159 Å². The molecule has 0 unspecified atom stereocenters. The van der Waals surface area contributed by atoms with Crippen LogP contribution in [0.3, 0.4) is 0 Å². The highest BCUT2D eigenvalue weighted by molar-refractivity contribution is 6.39. The van der Waals surface area contributed by atoms with Crippen LogP contribution in [0.4, 0.5) is 16.2 Å². The second kappa shape index (κ2) is 9.89. The summed E-state index contributed by atoms with van der Waals surface area (Å²) in [5.41, 5.74) is -0.319. The van der Waals surface area contributed by atoms with Gasteiger partial charge in [-0.25, -0.2) is 9.69 Å². The summed E-state index contributed by atoms with van der Waals surface area (Å²) in [5, 5.41) is 24.8. The molecule has 0 aliphatic carbocycles. The van der Waals surface area contributed by atoms with Crippen molar-refractivity contribution >= 4 is 41.3 Å². The second-order valence-electron chi connectivity index (χ2n) is 7.55. The first kappa shape index (κ1) is 23.8. The summed E-state index contributed by atoms with van der Waals surface area (Å²) in [7, 11) is 0. The minimum absolute atomic E-state index is 0.0221. The van der Waals surface area contributed by atoms with Gasteiger partial charge in [0.1, 0.15) is 17.9 Å². The molecule has 1 saturated heterocycles. The van der Waals surface area contributed by atoms with E-state index in [-0.39, 0.29) is 34.9 Å². The molecule has 0 aromatic heterocycles. The average molecular weight is 486 g/mol. The molecule has 0 saturated carbocycles. The van der Waals surface area contributed by atoms with E-state index < -0.39 is 34.3 Å². The number of hydrogen-bond acceptors (Lipinski definition) is 8. The number of nitrogens with one attached hydrogen (secondary N) is 1. The summed E-state index contributed by atoms with van der Waals surface area (Å²) in [4.78, 5) is 60.4. The number of benzene rings is 3. The molecule has 0 radical (unpaired) electrons. The minimum Gasteiger partial charge on any atom is -0.545 e. The molecule has 3 aromatic carbocycles. The molecule has 0 atom stereocenters. The lowest BCUT2D eigenvalue weighted by atomic mass is 10.0. The van der Waals surface area contributed by atoms with E-state index in [0.717, 1.165) is 23.8 Å². The zero-order valence-corrected chi connectivity index (χ0v) is 18.4. The van der Waals surface area contributed by atoms with Crippen LogP contribution >= 0.6 is 0 Å². The Labute approximate surface area is 203 Å². The highest BCUT2D eigenvalue weighted by Crippen LogP contribution is 2.27. The first-order chi connectivity index (χ1) is 17.2. The largest absolute Gasteiger partial charge is 0.545 e. The maximum atomic E-state index is 13.0. The van der Waals surface area contributed by atoms with Crippen LogP contribution in [0.25, 0.3) is 6.08 Å². The van der Waals surface area contributed by atoms with Crippen LogP contribution in [0, 0.1) is 10.1 Å². The number of aromatic carboxylic acids is 1. The fourth-order valence-electron chi connectivity index (χ4n) is 3.46. The third kappa shape index (κ3) is 4.94. The highest BCUT2D eigenvalue weighted by atomic mass is 16.6. The van der Waals surface area contributed by atoms with Crippen molar-refractivity contribution in [1.82, 2.24) is 5.32 Å². The molecular formula is C25H16N3O8-. The number of nitro benzene ring substituents is 1. The molecule has 11 heteroatoms. The molecule has 4 rings (SSSR count). The predicted molar refractivity (Wildman–Crippen MR) is 124 cm³/mol. The Morgan fingerprint density at radius 3 is 2.44 bits per heavy atom. The van der Waals surface area contributed by atoms with Gasteiger partial charge in [-0.1, -0.05) is 42.5 Å². The molecule has 180 valence electrons. The number of barbiturate groups is 1. The molecular weight excluding hydrogens is 470 g/mol. The standard InChI is InChI=1S/C25H17N3O8/c29-22-20(23(30)27(25(33)26-22)17-7-4-8-18(13-17)28(34)35)12-16-9-10-21(19(11-16)24(31)32)36-14-15-5-2-1-3-6-15/h1-13H,14H2,(H,31,32)(H,26,29,33)/p-1/b20-12+. The zero-order valence-electron chi connectivity index (χ0n) is 18.4. The first-order valence-corrected chi connectivity index (χ1v) is 10.4. The number of urea groups is 1. The van der Waals surface area contributed by atoms with Crippen molar-refractivity contribution in [2.24, 2.45) is 0 Å². The number of carboxylic acid groups (broad SMARTS) is 1. The predicted octanol–water partition coefficient (Wildman–Crippen LogP) is 2.20. The van der Waals surface area contributed by atoms with E-state index in [4.69, 9.17) is 4.74 Å². The number of carbonyl (C=O) groups excluding carboxylic acids is 4.